The third-order valence-corrected chi connectivity index (χ3v) is 9.50. The van der Waals surface area contributed by atoms with Crippen LogP contribution in [0.1, 0.15) is 44.7 Å². The first-order chi connectivity index (χ1) is 24.8. The van der Waals surface area contributed by atoms with Gasteiger partial charge in [0, 0.05) is 52.4 Å². The Morgan fingerprint density at radius 1 is 0.981 bits per heavy atom. The van der Waals surface area contributed by atoms with E-state index >= 15 is 0 Å². The molecule has 272 valence electrons. The third-order valence-electron chi connectivity index (χ3n) is 8.68. The van der Waals surface area contributed by atoms with Gasteiger partial charge in [0.15, 0.2) is 0 Å². The van der Waals surface area contributed by atoms with Crippen molar-refractivity contribution < 1.29 is 33.7 Å². The number of halogens is 2. The van der Waals surface area contributed by atoms with Gasteiger partial charge in [0.05, 0.1) is 48.2 Å². The molecule has 0 saturated carbocycles. The molecule has 52 heavy (non-hydrogen) atoms. The van der Waals surface area contributed by atoms with Gasteiger partial charge in [-0.25, -0.2) is 19.6 Å². The molecule has 2 aromatic heterocycles. The Hall–Kier alpha value is -5.07. The van der Waals surface area contributed by atoms with Crippen LogP contribution in [0.4, 0.5) is 9.59 Å². The normalized spacial score (nSPS) is 15.6. The van der Waals surface area contributed by atoms with Crippen molar-refractivity contribution in [3.8, 4) is 45.4 Å². The Labute approximate surface area is 311 Å². The highest BCUT2D eigenvalue weighted by atomic mass is 35.5. The number of fused-ring (bicyclic) bond motifs is 1. The summed E-state index contributed by atoms with van der Waals surface area (Å²) in [6.45, 7) is 6.43. The fourth-order valence-corrected chi connectivity index (χ4v) is 6.82. The molecule has 0 radical (unpaired) electrons. The molecule has 3 amide bonds. The number of ether oxygens (including phenoxy) is 3. The fourth-order valence-electron chi connectivity index (χ4n) is 6.17. The zero-order valence-corrected chi connectivity index (χ0v) is 30.8. The molecule has 14 heteroatoms. The van der Waals surface area contributed by atoms with E-state index in [2.05, 4.69) is 5.32 Å². The maximum Gasteiger partial charge on any atom is 0.410 e. The highest BCUT2D eigenvalue weighted by molar-refractivity contribution is 6.39. The van der Waals surface area contributed by atoms with E-state index in [0.29, 0.717) is 79.4 Å². The minimum absolute atomic E-state index is 0.0409. The molecule has 4 heterocycles. The van der Waals surface area contributed by atoms with E-state index in [9.17, 15) is 19.5 Å². The van der Waals surface area contributed by atoms with Crippen molar-refractivity contribution in [3.05, 3.63) is 81.8 Å². The van der Waals surface area contributed by atoms with Gasteiger partial charge in [0.2, 0.25) is 17.7 Å². The van der Waals surface area contributed by atoms with Gasteiger partial charge in [-0.15, -0.1) is 0 Å². The number of nitrogens with zero attached hydrogens (tertiary/aromatic N) is 4. The number of hydrogen-bond acceptors (Lipinski definition) is 8. The summed E-state index contributed by atoms with van der Waals surface area (Å²) in [5, 5.41) is 13.2. The van der Waals surface area contributed by atoms with Crippen molar-refractivity contribution in [1.82, 2.24) is 25.1 Å². The Morgan fingerprint density at radius 3 is 2.21 bits per heavy atom. The minimum atomic E-state index is -1.02. The average molecular weight is 749 g/mol. The summed E-state index contributed by atoms with van der Waals surface area (Å²) in [4.78, 5) is 49.0. The standard InChI is InChI=1S/C38H39Cl2N5O7/c1-38(2,3)52-37(49)45(21-24-13-16-31(46)41-24)20-22-11-14-29(42-34(22)50-4)27-9-5-7-25(32(27)39)26-8-6-10-28(33(26)40)30-15-12-23-19-44(36(47)48)17-18-51-35(23)43-30/h5-12,14-15,24H,13,16-21H2,1-4H3,(H,41,46)(H,47,48). The number of carbonyl (C=O) groups excluding carboxylic acids is 2. The summed E-state index contributed by atoms with van der Waals surface area (Å²) in [5.41, 5.74) is 4.38. The van der Waals surface area contributed by atoms with Crippen LogP contribution in [-0.4, -0.2) is 81.4 Å². The van der Waals surface area contributed by atoms with Crippen LogP contribution in [0.25, 0.3) is 33.6 Å². The predicted molar refractivity (Wildman–Crippen MR) is 197 cm³/mol. The first kappa shape index (κ1) is 36.7. The highest BCUT2D eigenvalue weighted by Crippen LogP contribution is 2.42. The number of hydrogen-bond donors (Lipinski definition) is 2. The molecule has 0 aliphatic carbocycles. The van der Waals surface area contributed by atoms with Crippen LogP contribution >= 0.6 is 23.2 Å². The van der Waals surface area contributed by atoms with Crippen molar-refractivity contribution in [3.63, 3.8) is 0 Å². The first-order valence-electron chi connectivity index (χ1n) is 16.8. The second-order valence-corrected chi connectivity index (χ2v) is 14.3. The smallest absolute Gasteiger partial charge is 0.410 e. The lowest BCUT2D eigenvalue weighted by Crippen LogP contribution is -2.43. The van der Waals surface area contributed by atoms with E-state index in [1.54, 1.807) is 37.8 Å². The number of benzene rings is 2. The number of aromatic nitrogens is 2. The van der Waals surface area contributed by atoms with Crippen LogP contribution in [0.15, 0.2) is 60.7 Å². The molecule has 2 aliphatic rings. The van der Waals surface area contributed by atoms with Crippen LogP contribution in [-0.2, 0) is 22.6 Å². The quantitative estimate of drug-likeness (QED) is 0.186. The fraction of sp³-hybridized carbons (Fsp3) is 0.342. The summed E-state index contributed by atoms with van der Waals surface area (Å²) in [5.74, 6) is 0.637. The van der Waals surface area contributed by atoms with Crippen molar-refractivity contribution >= 4 is 41.3 Å². The van der Waals surface area contributed by atoms with Crippen LogP contribution in [0.2, 0.25) is 10.0 Å². The second-order valence-electron chi connectivity index (χ2n) is 13.6. The third kappa shape index (κ3) is 8.18. The maximum atomic E-state index is 13.3. The van der Waals surface area contributed by atoms with Gasteiger partial charge in [-0.3, -0.25) is 4.79 Å². The number of pyridine rings is 2. The van der Waals surface area contributed by atoms with Crippen LogP contribution in [0.3, 0.4) is 0 Å². The zero-order chi connectivity index (χ0) is 37.2. The summed E-state index contributed by atoms with van der Waals surface area (Å²) in [7, 11) is 1.51. The van der Waals surface area contributed by atoms with E-state index in [4.69, 9.17) is 47.4 Å². The van der Waals surface area contributed by atoms with Gasteiger partial charge >= 0.3 is 12.2 Å². The molecule has 2 aliphatic heterocycles. The maximum absolute atomic E-state index is 13.3. The van der Waals surface area contributed by atoms with Crippen molar-refractivity contribution in [1.29, 1.82) is 0 Å². The van der Waals surface area contributed by atoms with Crippen LogP contribution in [0.5, 0.6) is 11.8 Å². The van der Waals surface area contributed by atoms with E-state index in [-0.39, 0.29) is 44.7 Å². The molecule has 12 nitrogen and oxygen atoms in total. The molecule has 1 atom stereocenters. The highest BCUT2D eigenvalue weighted by Gasteiger charge is 2.30. The van der Waals surface area contributed by atoms with Crippen LogP contribution in [0, 0.1) is 0 Å². The number of rotatable bonds is 8. The SMILES string of the molecule is COc1nc(-c2cccc(-c3cccc(-c4ccc5c(n4)OCCN(C(=O)O)C5)c3Cl)c2Cl)ccc1CN(CC1CCC(=O)N1)C(=O)OC(C)(C)C. The first-order valence-corrected chi connectivity index (χ1v) is 17.6. The molecule has 2 aromatic carbocycles. The summed E-state index contributed by atoms with van der Waals surface area (Å²) >= 11 is 14.2. The molecular weight excluding hydrogens is 709 g/mol. The van der Waals surface area contributed by atoms with Crippen LogP contribution < -0.4 is 14.8 Å². The lowest BCUT2D eigenvalue weighted by atomic mass is 9.98. The average Bonchev–Trinajstić information content (AvgIpc) is 3.38. The molecule has 1 saturated heterocycles. The largest absolute Gasteiger partial charge is 0.481 e. The van der Waals surface area contributed by atoms with Crippen molar-refractivity contribution in [2.45, 2.75) is 58.3 Å². The molecular formula is C38H39Cl2N5O7. The van der Waals surface area contributed by atoms with Gasteiger partial charge < -0.3 is 34.4 Å². The van der Waals surface area contributed by atoms with E-state index in [1.807, 2.05) is 48.5 Å². The van der Waals surface area contributed by atoms with E-state index in [1.165, 1.54) is 12.0 Å². The Morgan fingerprint density at radius 2 is 1.62 bits per heavy atom. The van der Waals surface area contributed by atoms with Gasteiger partial charge in [0.1, 0.15) is 12.2 Å². The lowest BCUT2D eigenvalue weighted by molar-refractivity contribution is -0.119. The number of nitrogens with one attached hydrogen (secondary N) is 1. The molecule has 0 spiro atoms. The monoisotopic (exact) mass is 747 g/mol. The number of carboxylic acid groups (broad SMARTS) is 1. The predicted octanol–water partition coefficient (Wildman–Crippen LogP) is 7.68. The summed E-state index contributed by atoms with van der Waals surface area (Å²) in [6.07, 6.45) is -0.485. The van der Waals surface area contributed by atoms with Gasteiger partial charge in [-0.2, -0.15) is 0 Å². The molecule has 6 rings (SSSR count). The van der Waals surface area contributed by atoms with Crippen molar-refractivity contribution in [2.75, 3.05) is 26.8 Å². The minimum Gasteiger partial charge on any atom is -0.481 e. The number of methoxy groups -OCH3 is 1. The second kappa shape index (κ2) is 15.3. The molecule has 4 aromatic rings. The number of amides is 3. The summed E-state index contributed by atoms with van der Waals surface area (Å²) in [6, 6.07) is 18.2. The van der Waals surface area contributed by atoms with E-state index < -0.39 is 17.8 Å². The molecule has 1 unspecified atom stereocenters. The Balaban J connectivity index is 1.29. The van der Waals surface area contributed by atoms with Crippen molar-refractivity contribution in [2.24, 2.45) is 0 Å². The van der Waals surface area contributed by atoms with Gasteiger partial charge in [0.25, 0.3) is 0 Å². The molecule has 1 fully saturated rings. The van der Waals surface area contributed by atoms with Gasteiger partial charge in [-0.1, -0.05) is 59.6 Å². The topological polar surface area (TPSA) is 143 Å². The summed E-state index contributed by atoms with van der Waals surface area (Å²) < 4.78 is 17.2. The Kier molecular flexibility index (Phi) is 10.8. The molecule has 0 bridgehead atoms. The number of carbonyl (C=O) groups is 3. The zero-order valence-electron chi connectivity index (χ0n) is 29.2. The lowest BCUT2D eigenvalue weighted by Gasteiger charge is -2.29. The molecule has 2 N–H and O–H groups in total. The van der Waals surface area contributed by atoms with E-state index in [0.717, 1.165) is 0 Å². The van der Waals surface area contributed by atoms with Gasteiger partial charge in [-0.05, 0) is 51.5 Å². The Bertz CT molecular complexity index is 2020.